The summed E-state index contributed by atoms with van der Waals surface area (Å²) in [6.07, 6.45) is 2.64. The van der Waals surface area contributed by atoms with Crippen molar-refractivity contribution in [2.45, 2.75) is 27.2 Å². The molecule has 0 aliphatic heterocycles. The van der Waals surface area contributed by atoms with Gasteiger partial charge >= 0.3 is 0 Å². The van der Waals surface area contributed by atoms with Crippen molar-refractivity contribution in [3.8, 4) is 0 Å². The third kappa shape index (κ3) is 3.94. The molecule has 0 aliphatic rings. The highest BCUT2D eigenvalue weighted by molar-refractivity contribution is 5.96. The second-order valence-corrected chi connectivity index (χ2v) is 2.23. The molecule has 0 saturated carbocycles. The lowest BCUT2D eigenvalue weighted by Gasteiger charge is -2.01. The zero-order valence-corrected chi connectivity index (χ0v) is 7.52. The summed E-state index contributed by atoms with van der Waals surface area (Å²) in [6.45, 7) is 6.56. The second-order valence-electron chi connectivity index (χ2n) is 2.23. The molecule has 2 heteroatoms. The summed E-state index contributed by atoms with van der Waals surface area (Å²) in [5.41, 5.74) is 0.860. The SMILES string of the molecule is CC=C(CC)C(=O)COCC. The molecule has 0 aromatic rings. The van der Waals surface area contributed by atoms with Gasteiger partial charge in [-0.05, 0) is 25.8 Å². The summed E-state index contributed by atoms with van der Waals surface area (Å²) in [5.74, 6) is 0.108. The molecule has 0 aromatic heterocycles. The van der Waals surface area contributed by atoms with E-state index in [9.17, 15) is 4.79 Å². The number of ketones is 1. The third-order valence-corrected chi connectivity index (χ3v) is 1.52. The van der Waals surface area contributed by atoms with Crippen LogP contribution in [-0.4, -0.2) is 19.0 Å². The molecule has 0 N–H and O–H groups in total. The van der Waals surface area contributed by atoms with E-state index in [1.807, 2.05) is 26.8 Å². The second kappa shape index (κ2) is 6.10. The molecular formula is C9H16O2. The number of allylic oxidation sites excluding steroid dienone is 1. The van der Waals surface area contributed by atoms with E-state index >= 15 is 0 Å². The first-order valence-corrected chi connectivity index (χ1v) is 4.02. The first-order chi connectivity index (χ1) is 5.26. The highest BCUT2D eigenvalue weighted by Gasteiger charge is 2.04. The predicted octanol–water partition coefficient (Wildman–Crippen LogP) is 1.95. The van der Waals surface area contributed by atoms with Crippen LogP contribution in [0.4, 0.5) is 0 Å². The van der Waals surface area contributed by atoms with Crippen molar-refractivity contribution < 1.29 is 9.53 Å². The Kier molecular flexibility index (Phi) is 5.75. The Morgan fingerprint density at radius 3 is 2.45 bits per heavy atom. The molecule has 11 heavy (non-hydrogen) atoms. The molecule has 0 amide bonds. The predicted molar refractivity (Wildman–Crippen MR) is 45.5 cm³/mol. The molecular weight excluding hydrogens is 140 g/mol. The Morgan fingerprint density at radius 2 is 2.09 bits per heavy atom. The minimum Gasteiger partial charge on any atom is -0.374 e. The molecule has 0 bridgehead atoms. The normalized spacial score (nSPS) is 11.7. The van der Waals surface area contributed by atoms with Gasteiger partial charge < -0.3 is 4.74 Å². The number of hydrogen-bond donors (Lipinski definition) is 0. The number of Topliss-reactive ketones (excluding diaryl/α,β-unsaturated/α-hetero) is 1. The average molecular weight is 156 g/mol. The lowest BCUT2D eigenvalue weighted by atomic mass is 10.1. The van der Waals surface area contributed by atoms with Crippen molar-refractivity contribution in [3.63, 3.8) is 0 Å². The molecule has 0 rings (SSSR count). The fraction of sp³-hybridized carbons (Fsp3) is 0.667. The molecule has 0 fully saturated rings. The van der Waals surface area contributed by atoms with Crippen LogP contribution >= 0.6 is 0 Å². The zero-order chi connectivity index (χ0) is 8.69. The molecule has 0 aliphatic carbocycles. The minimum atomic E-state index is 0.108. The van der Waals surface area contributed by atoms with E-state index in [2.05, 4.69) is 0 Å². The molecule has 0 saturated heterocycles. The molecule has 0 atom stereocenters. The standard InChI is InChI=1S/C9H16O2/c1-4-8(5-2)9(10)7-11-6-3/h4H,5-7H2,1-3H3. The summed E-state index contributed by atoms with van der Waals surface area (Å²) in [5, 5.41) is 0. The average Bonchev–Trinajstić information content (AvgIpc) is 2.03. The Balaban J connectivity index is 3.81. The van der Waals surface area contributed by atoms with Crippen LogP contribution in [0, 0.1) is 0 Å². The van der Waals surface area contributed by atoms with Crippen molar-refractivity contribution >= 4 is 5.78 Å². The molecule has 2 nitrogen and oxygen atoms in total. The molecule has 0 heterocycles. The van der Waals surface area contributed by atoms with Crippen molar-refractivity contribution in [1.82, 2.24) is 0 Å². The summed E-state index contributed by atoms with van der Waals surface area (Å²) in [7, 11) is 0. The maximum atomic E-state index is 11.2. The first kappa shape index (κ1) is 10.4. The van der Waals surface area contributed by atoms with Crippen LogP contribution in [-0.2, 0) is 9.53 Å². The quantitative estimate of drug-likeness (QED) is 0.569. The van der Waals surface area contributed by atoms with E-state index in [1.165, 1.54) is 0 Å². The van der Waals surface area contributed by atoms with Crippen molar-refractivity contribution in [3.05, 3.63) is 11.6 Å². The number of ether oxygens (including phenoxy) is 1. The number of hydrogen-bond acceptors (Lipinski definition) is 2. The summed E-state index contributed by atoms with van der Waals surface area (Å²) >= 11 is 0. The van der Waals surface area contributed by atoms with E-state index < -0.39 is 0 Å². The van der Waals surface area contributed by atoms with Gasteiger partial charge in [-0.1, -0.05) is 13.0 Å². The lowest BCUT2D eigenvalue weighted by Crippen LogP contribution is -2.10. The van der Waals surface area contributed by atoms with Gasteiger partial charge in [-0.2, -0.15) is 0 Å². The van der Waals surface area contributed by atoms with E-state index in [1.54, 1.807) is 0 Å². The van der Waals surface area contributed by atoms with Gasteiger partial charge in [-0.25, -0.2) is 0 Å². The van der Waals surface area contributed by atoms with E-state index in [0.29, 0.717) is 6.61 Å². The van der Waals surface area contributed by atoms with Gasteiger partial charge in [0.25, 0.3) is 0 Å². The maximum absolute atomic E-state index is 11.2. The van der Waals surface area contributed by atoms with Crippen LogP contribution < -0.4 is 0 Å². The largest absolute Gasteiger partial charge is 0.374 e. The van der Waals surface area contributed by atoms with Crippen LogP contribution in [0.2, 0.25) is 0 Å². The van der Waals surface area contributed by atoms with Gasteiger partial charge in [0.05, 0.1) is 0 Å². The van der Waals surface area contributed by atoms with Gasteiger partial charge in [0.1, 0.15) is 6.61 Å². The van der Waals surface area contributed by atoms with Crippen molar-refractivity contribution in [1.29, 1.82) is 0 Å². The Bertz CT molecular complexity index is 148. The number of rotatable bonds is 5. The summed E-state index contributed by atoms with van der Waals surface area (Å²) in [6, 6.07) is 0. The smallest absolute Gasteiger partial charge is 0.184 e. The number of carbonyl (C=O) groups is 1. The van der Waals surface area contributed by atoms with Crippen LogP contribution in [0.5, 0.6) is 0 Å². The fourth-order valence-electron chi connectivity index (χ4n) is 0.850. The monoisotopic (exact) mass is 156 g/mol. The van der Waals surface area contributed by atoms with Crippen LogP contribution in [0.15, 0.2) is 11.6 Å². The molecule has 64 valence electrons. The highest BCUT2D eigenvalue weighted by atomic mass is 16.5. The summed E-state index contributed by atoms with van der Waals surface area (Å²) in [4.78, 5) is 11.2. The molecule has 0 aromatic carbocycles. The zero-order valence-electron chi connectivity index (χ0n) is 7.52. The lowest BCUT2D eigenvalue weighted by molar-refractivity contribution is -0.119. The number of carbonyl (C=O) groups excluding carboxylic acids is 1. The Morgan fingerprint density at radius 1 is 1.45 bits per heavy atom. The van der Waals surface area contributed by atoms with E-state index in [-0.39, 0.29) is 12.4 Å². The van der Waals surface area contributed by atoms with Crippen molar-refractivity contribution in [2.24, 2.45) is 0 Å². The molecule has 0 radical (unpaired) electrons. The molecule has 0 spiro atoms. The van der Waals surface area contributed by atoms with Crippen LogP contribution in [0.3, 0.4) is 0 Å². The highest BCUT2D eigenvalue weighted by Crippen LogP contribution is 2.01. The van der Waals surface area contributed by atoms with Gasteiger partial charge in [0.2, 0.25) is 0 Å². The Hall–Kier alpha value is -0.630. The van der Waals surface area contributed by atoms with Crippen molar-refractivity contribution in [2.75, 3.05) is 13.2 Å². The minimum absolute atomic E-state index is 0.108. The Labute approximate surface area is 68.2 Å². The van der Waals surface area contributed by atoms with Crippen LogP contribution in [0.25, 0.3) is 0 Å². The topological polar surface area (TPSA) is 26.3 Å². The van der Waals surface area contributed by atoms with Gasteiger partial charge in [-0.15, -0.1) is 0 Å². The van der Waals surface area contributed by atoms with Gasteiger partial charge in [-0.3, -0.25) is 4.79 Å². The summed E-state index contributed by atoms with van der Waals surface area (Å²) < 4.78 is 4.99. The third-order valence-electron chi connectivity index (χ3n) is 1.52. The van der Waals surface area contributed by atoms with E-state index in [0.717, 1.165) is 12.0 Å². The van der Waals surface area contributed by atoms with Gasteiger partial charge in [0.15, 0.2) is 5.78 Å². The van der Waals surface area contributed by atoms with E-state index in [4.69, 9.17) is 4.74 Å². The first-order valence-electron chi connectivity index (χ1n) is 4.02. The maximum Gasteiger partial charge on any atom is 0.184 e. The van der Waals surface area contributed by atoms with Gasteiger partial charge in [0, 0.05) is 6.61 Å². The fourth-order valence-corrected chi connectivity index (χ4v) is 0.850. The van der Waals surface area contributed by atoms with Crippen LogP contribution in [0.1, 0.15) is 27.2 Å². The molecule has 0 unspecified atom stereocenters.